The third-order valence-electron chi connectivity index (χ3n) is 5.30. The number of hydrogen-bond donors (Lipinski definition) is 2. The molecule has 1 amide bonds. The molecule has 0 aliphatic heterocycles. The molecule has 0 saturated carbocycles. The number of nitrogen functional groups attached to an aromatic ring is 1. The second kappa shape index (κ2) is 8.70. The molecule has 7 heteroatoms. The van der Waals surface area contributed by atoms with Crippen molar-refractivity contribution in [3.8, 4) is 0 Å². The van der Waals surface area contributed by atoms with Crippen LogP contribution in [0, 0.1) is 13.8 Å². The summed E-state index contributed by atoms with van der Waals surface area (Å²) >= 11 is 6.14. The van der Waals surface area contributed by atoms with Crippen LogP contribution in [0.3, 0.4) is 0 Å². The van der Waals surface area contributed by atoms with Crippen molar-refractivity contribution in [3.63, 3.8) is 0 Å². The molecule has 3 N–H and O–H groups in total. The Labute approximate surface area is 185 Å². The number of nitrogens with two attached hydrogens (primary N) is 1. The molecule has 3 heterocycles. The smallest absolute Gasteiger partial charge is 0.251 e. The molecule has 0 radical (unpaired) electrons. The van der Waals surface area contributed by atoms with Gasteiger partial charge in [0.25, 0.3) is 5.91 Å². The third kappa shape index (κ3) is 4.64. The number of halogens is 1. The first-order valence-electron chi connectivity index (χ1n) is 9.89. The van der Waals surface area contributed by atoms with Gasteiger partial charge in [-0.1, -0.05) is 17.7 Å². The molecule has 0 saturated heterocycles. The number of fused-ring (bicyclic) bond motifs is 1. The second-order valence-electron chi connectivity index (χ2n) is 7.50. The average molecular weight is 432 g/mol. The quantitative estimate of drug-likeness (QED) is 0.482. The highest BCUT2D eigenvalue weighted by atomic mass is 35.5. The maximum absolute atomic E-state index is 13.0. The highest BCUT2D eigenvalue weighted by molar-refractivity contribution is 6.31. The van der Waals surface area contributed by atoms with E-state index in [9.17, 15) is 4.79 Å². The molecule has 6 nitrogen and oxygen atoms in total. The third-order valence-corrected chi connectivity index (χ3v) is 5.51. The summed E-state index contributed by atoms with van der Waals surface area (Å²) in [6.07, 6.45) is 5.40. The number of rotatable bonds is 5. The number of pyridine rings is 3. The first-order chi connectivity index (χ1) is 14.9. The SMILES string of the molecule is Cc1cc(N)nc(C)c1CC(NC(=O)c1ccncc1)c1ccc2ncc(Cl)cc2c1. The minimum absolute atomic E-state index is 0.171. The van der Waals surface area contributed by atoms with Gasteiger partial charge in [0.05, 0.1) is 16.6 Å². The second-order valence-corrected chi connectivity index (χ2v) is 7.94. The van der Waals surface area contributed by atoms with Crippen molar-refractivity contribution in [2.24, 2.45) is 0 Å². The van der Waals surface area contributed by atoms with E-state index < -0.39 is 0 Å². The molecular weight excluding hydrogens is 410 g/mol. The van der Waals surface area contributed by atoms with Gasteiger partial charge in [-0.2, -0.15) is 0 Å². The van der Waals surface area contributed by atoms with E-state index in [4.69, 9.17) is 17.3 Å². The molecule has 4 rings (SSSR count). The van der Waals surface area contributed by atoms with Gasteiger partial charge in [0, 0.05) is 35.2 Å². The number of amides is 1. The molecule has 1 atom stereocenters. The lowest BCUT2D eigenvalue weighted by atomic mass is 9.94. The predicted octanol–water partition coefficient (Wildman–Crippen LogP) is 4.59. The van der Waals surface area contributed by atoms with Crippen LogP contribution in [0.15, 0.2) is 61.1 Å². The van der Waals surface area contributed by atoms with Crippen molar-refractivity contribution in [1.82, 2.24) is 20.3 Å². The standard InChI is InChI=1S/C24H22ClN5O/c1-14-9-23(26)29-15(2)20(14)12-22(30-24(31)16-5-7-27-8-6-16)17-3-4-21-18(10-17)11-19(25)13-28-21/h3-11,13,22H,12H2,1-2H3,(H2,26,29)(H,30,31). The number of nitrogens with zero attached hydrogens (tertiary/aromatic N) is 3. The Morgan fingerprint density at radius 3 is 2.65 bits per heavy atom. The summed E-state index contributed by atoms with van der Waals surface area (Å²) in [7, 11) is 0. The highest BCUT2D eigenvalue weighted by Crippen LogP contribution is 2.27. The Morgan fingerprint density at radius 1 is 1.13 bits per heavy atom. The van der Waals surface area contributed by atoms with Crippen LogP contribution in [0.2, 0.25) is 5.02 Å². The maximum Gasteiger partial charge on any atom is 0.251 e. The Bertz CT molecular complexity index is 1240. The van der Waals surface area contributed by atoms with Crippen LogP contribution in [0.1, 0.15) is 38.8 Å². The van der Waals surface area contributed by atoms with E-state index in [-0.39, 0.29) is 11.9 Å². The number of benzene rings is 1. The van der Waals surface area contributed by atoms with Crippen LogP contribution in [-0.4, -0.2) is 20.9 Å². The number of anilines is 1. The van der Waals surface area contributed by atoms with Gasteiger partial charge in [-0.25, -0.2) is 4.98 Å². The zero-order valence-electron chi connectivity index (χ0n) is 17.3. The molecule has 3 aromatic heterocycles. The normalized spacial score (nSPS) is 12.0. The molecule has 0 bridgehead atoms. The van der Waals surface area contributed by atoms with Gasteiger partial charge in [-0.15, -0.1) is 0 Å². The maximum atomic E-state index is 13.0. The van der Waals surface area contributed by atoms with E-state index in [1.54, 1.807) is 30.7 Å². The van der Waals surface area contributed by atoms with E-state index in [1.165, 1.54) is 0 Å². The fraction of sp³-hybridized carbons (Fsp3) is 0.167. The first kappa shape index (κ1) is 20.8. The van der Waals surface area contributed by atoms with Crippen molar-refractivity contribution < 1.29 is 4.79 Å². The van der Waals surface area contributed by atoms with Gasteiger partial charge in [0.15, 0.2) is 0 Å². The first-order valence-corrected chi connectivity index (χ1v) is 10.3. The largest absolute Gasteiger partial charge is 0.384 e. The zero-order chi connectivity index (χ0) is 22.0. The van der Waals surface area contributed by atoms with Crippen molar-refractivity contribution in [1.29, 1.82) is 0 Å². The van der Waals surface area contributed by atoms with Crippen LogP contribution in [0.25, 0.3) is 10.9 Å². The van der Waals surface area contributed by atoms with Crippen LogP contribution in [0.5, 0.6) is 0 Å². The number of aromatic nitrogens is 3. The van der Waals surface area contributed by atoms with Gasteiger partial charge in [-0.3, -0.25) is 14.8 Å². The molecule has 156 valence electrons. The van der Waals surface area contributed by atoms with Crippen molar-refractivity contribution >= 4 is 34.2 Å². The number of carbonyl (C=O) groups is 1. The summed E-state index contributed by atoms with van der Waals surface area (Å²) in [5.41, 5.74) is 11.2. The highest BCUT2D eigenvalue weighted by Gasteiger charge is 2.20. The summed E-state index contributed by atoms with van der Waals surface area (Å²) in [6, 6.07) is 12.8. The average Bonchev–Trinajstić information content (AvgIpc) is 2.75. The van der Waals surface area contributed by atoms with E-state index in [0.29, 0.717) is 22.8 Å². The van der Waals surface area contributed by atoms with Crippen molar-refractivity contribution in [3.05, 3.63) is 94.0 Å². The number of nitrogens with one attached hydrogen (secondary N) is 1. The summed E-state index contributed by atoms with van der Waals surface area (Å²) < 4.78 is 0. The molecule has 0 aliphatic rings. The number of hydrogen-bond acceptors (Lipinski definition) is 5. The van der Waals surface area contributed by atoms with Gasteiger partial charge in [0.1, 0.15) is 5.82 Å². The van der Waals surface area contributed by atoms with Gasteiger partial charge >= 0.3 is 0 Å². The summed E-state index contributed by atoms with van der Waals surface area (Å²) in [5, 5.41) is 4.65. The van der Waals surface area contributed by atoms with Crippen molar-refractivity contribution in [2.45, 2.75) is 26.3 Å². The van der Waals surface area contributed by atoms with E-state index in [0.717, 1.165) is 33.3 Å². The molecule has 1 aromatic carbocycles. The van der Waals surface area contributed by atoms with Crippen LogP contribution in [-0.2, 0) is 6.42 Å². The fourth-order valence-electron chi connectivity index (χ4n) is 3.74. The van der Waals surface area contributed by atoms with Gasteiger partial charge in [-0.05, 0) is 73.4 Å². The molecule has 1 unspecified atom stereocenters. The molecular formula is C24H22ClN5O. The topological polar surface area (TPSA) is 93.8 Å². The minimum atomic E-state index is -0.285. The molecule has 4 aromatic rings. The molecule has 0 fully saturated rings. The van der Waals surface area contributed by atoms with Crippen molar-refractivity contribution in [2.75, 3.05) is 5.73 Å². The Kier molecular flexibility index (Phi) is 5.82. The van der Waals surface area contributed by atoms with Gasteiger partial charge < -0.3 is 11.1 Å². The van der Waals surface area contributed by atoms with Crippen LogP contribution < -0.4 is 11.1 Å². The summed E-state index contributed by atoms with van der Waals surface area (Å²) in [4.78, 5) is 25.7. The Balaban J connectivity index is 1.74. The fourth-order valence-corrected chi connectivity index (χ4v) is 3.90. The molecule has 0 spiro atoms. The van der Waals surface area contributed by atoms with E-state index >= 15 is 0 Å². The predicted molar refractivity (Wildman–Crippen MR) is 123 cm³/mol. The van der Waals surface area contributed by atoms with Crippen LogP contribution in [0.4, 0.5) is 5.82 Å². The Morgan fingerprint density at radius 2 is 1.90 bits per heavy atom. The van der Waals surface area contributed by atoms with E-state index in [2.05, 4.69) is 20.3 Å². The zero-order valence-corrected chi connectivity index (χ0v) is 18.0. The molecule has 0 aliphatic carbocycles. The summed E-state index contributed by atoms with van der Waals surface area (Å²) in [5.74, 6) is 0.318. The number of aryl methyl sites for hydroxylation is 2. The van der Waals surface area contributed by atoms with Crippen LogP contribution >= 0.6 is 11.6 Å². The minimum Gasteiger partial charge on any atom is -0.384 e. The Hall–Kier alpha value is -3.51. The van der Waals surface area contributed by atoms with Gasteiger partial charge in [0.2, 0.25) is 0 Å². The monoisotopic (exact) mass is 431 g/mol. The number of carbonyl (C=O) groups excluding carboxylic acids is 1. The summed E-state index contributed by atoms with van der Waals surface area (Å²) in [6.45, 7) is 3.94. The lowest BCUT2D eigenvalue weighted by Gasteiger charge is -2.22. The lowest BCUT2D eigenvalue weighted by molar-refractivity contribution is 0.0936. The lowest BCUT2D eigenvalue weighted by Crippen LogP contribution is -2.30. The molecule has 31 heavy (non-hydrogen) atoms. The van der Waals surface area contributed by atoms with E-state index in [1.807, 2.05) is 44.2 Å².